The molecule has 1 aliphatic heterocycles. The van der Waals surface area contributed by atoms with E-state index in [0.29, 0.717) is 18.6 Å². The van der Waals surface area contributed by atoms with Crippen LogP contribution in [-0.2, 0) is 9.53 Å². The topological polar surface area (TPSA) is 61.8 Å². The van der Waals surface area contributed by atoms with Gasteiger partial charge in [-0.05, 0) is 52.6 Å². The van der Waals surface area contributed by atoms with E-state index in [1.165, 1.54) is 25.7 Å². The summed E-state index contributed by atoms with van der Waals surface area (Å²) in [4.78, 5) is 13.8. The van der Waals surface area contributed by atoms with Crippen LogP contribution in [0.1, 0.15) is 51.9 Å². The van der Waals surface area contributed by atoms with Gasteiger partial charge in [-0.15, -0.1) is 0 Å². The van der Waals surface area contributed by atoms with Gasteiger partial charge in [-0.25, -0.2) is 0 Å². The fourth-order valence-corrected chi connectivity index (χ4v) is 3.59. The highest BCUT2D eigenvalue weighted by Gasteiger charge is 2.34. The van der Waals surface area contributed by atoms with Crippen molar-refractivity contribution in [2.24, 2.45) is 0 Å². The first kappa shape index (κ1) is 16.7. The Morgan fingerprint density at radius 2 is 2.14 bits per heavy atom. The van der Waals surface area contributed by atoms with Crippen LogP contribution in [0.2, 0.25) is 0 Å². The van der Waals surface area contributed by atoms with Crippen molar-refractivity contribution < 1.29 is 14.6 Å². The van der Waals surface area contributed by atoms with Crippen LogP contribution >= 0.6 is 0 Å². The molecule has 0 aromatic rings. The van der Waals surface area contributed by atoms with Crippen LogP contribution in [0, 0.1) is 0 Å². The Hall–Kier alpha value is -0.650. The second-order valence-corrected chi connectivity index (χ2v) is 6.64. The molecule has 1 heterocycles. The van der Waals surface area contributed by atoms with Gasteiger partial charge in [0.05, 0.1) is 12.7 Å². The molecule has 0 aromatic carbocycles. The standard InChI is InChI=1S/C16H30N2O3/c1-16(17-2,15(19)20)9-5-6-10-18-11-12-21-14-8-4-3-7-13(14)18/h13-14,17H,3-12H2,1-2H3,(H,19,20). The van der Waals surface area contributed by atoms with E-state index in [2.05, 4.69) is 10.2 Å². The molecule has 3 atom stereocenters. The van der Waals surface area contributed by atoms with Crippen molar-refractivity contribution >= 4 is 5.97 Å². The first-order chi connectivity index (χ1) is 10.1. The quantitative estimate of drug-likeness (QED) is 0.703. The molecule has 0 aromatic heterocycles. The number of likely N-dealkylation sites (N-methyl/N-ethyl adjacent to an activating group) is 1. The number of ether oxygens (including phenoxy) is 1. The Bertz CT molecular complexity index is 348. The molecule has 0 amide bonds. The number of nitrogens with one attached hydrogen (secondary N) is 1. The maximum atomic E-state index is 11.2. The summed E-state index contributed by atoms with van der Waals surface area (Å²) in [6.45, 7) is 4.72. The molecule has 2 fully saturated rings. The summed E-state index contributed by atoms with van der Waals surface area (Å²) in [5.41, 5.74) is -0.793. The third-order valence-electron chi connectivity index (χ3n) is 5.24. The minimum absolute atomic E-state index is 0.439. The number of carbonyl (C=O) groups is 1. The van der Waals surface area contributed by atoms with Crippen molar-refractivity contribution in [3.05, 3.63) is 0 Å². The summed E-state index contributed by atoms with van der Waals surface area (Å²) in [5.74, 6) is -0.760. The van der Waals surface area contributed by atoms with E-state index >= 15 is 0 Å². The molecule has 1 saturated heterocycles. The minimum Gasteiger partial charge on any atom is -0.480 e. The molecule has 3 unspecified atom stereocenters. The highest BCUT2D eigenvalue weighted by Crippen LogP contribution is 2.28. The zero-order chi connectivity index (χ0) is 15.3. The fraction of sp³-hybridized carbons (Fsp3) is 0.938. The molecule has 21 heavy (non-hydrogen) atoms. The van der Waals surface area contributed by atoms with Crippen LogP contribution in [0.3, 0.4) is 0 Å². The maximum absolute atomic E-state index is 11.2. The zero-order valence-corrected chi connectivity index (χ0v) is 13.4. The van der Waals surface area contributed by atoms with Crippen molar-refractivity contribution in [3.8, 4) is 0 Å². The number of carboxylic acid groups (broad SMARTS) is 1. The Balaban J connectivity index is 1.74. The SMILES string of the molecule is CNC(C)(CCCCN1CCOC2CCCCC21)C(=O)O. The molecular weight excluding hydrogens is 268 g/mol. The Morgan fingerprint density at radius 1 is 1.38 bits per heavy atom. The van der Waals surface area contributed by atoms with E-state index in [9.17, 15) is 9.90 Å². The van der Waals surface area contributed by atoms with Gasteiger partial charge in [-0.3, -0.25) is 9.69 Å². The van der Waals surface area contributed by atoms with Crippen molar-refractivity contribution in [2.75, 3.05) is 26.7 Å². The van der Waals surface area contributed by atoms with Gasteiger partial charge in [0.1, 0.15) is 5.54 Å². The summed E-state index contributed by atoms with van der Waals surface area (Å²) < 4.78 is 5.89. The lowest BCUT2D eigenvalue weighted by Gasteiger charge is -2.44. The van der Waals surface area contributed by atoms with Gasteiger partial charge in [-0.1, -0.05) is 12.8 Å². The molecule has 1 saturated carbocycles. The monoisotopic (exact) mass is 298 g/mol. The summed E-state index contributed by atoms with van der Waals surface area (Å²) in [6, 6.07) is 0.600. The molecule has 2 rings (SSSR count). The lowest BCUT2D eigenvalue weighted by atomic mass is 9.89. The summed E-state index contributed by atoms with van der Waals surface area (Å²) in [6.07, 6.45) is 8.20. The first-order valence-corrected chi connectivity index (χ1v) is 8.35. The van der Waals surface area contributed by atoms with E-state index in [1.54, 1.807) is 14.0 Å². The van der Waals surface area contributed by atoms with Gasteiger partial charge < -0.3 is 15.2 Å². The highest BCUT2D eigenvalue weighted by atomic mass is 16.5. The van der Waals surface area contributed by atoms with Crippen molar-refractivity contribution in [1.29, 1.82) is 0 Å². The second-order valence-electron chi connectivity index (χ2n) is 6.64. The molecule has 1 aliphatic carbocycles. The lowest BCUT2D eigenvalue weighted by Crippen LogP contribution is -2.52. The molecule has 2 aliphatic rings. The molecule has 5 heteroatoms. The largest absolute Gasteiger partial charge is 0.480 e. The van der Waals surface area contributed by atoms with Gasteiger partial charge in [0.2, 0.25) is 0 Å². The number of fused-ring (bicyclic) bond motifs is 1. The Kier molecular flexibility index (Phi) is 6.02. The molecule has 0 spiro atoms. The smallest absolute Gasteiger partial charge is 0.323 e. The average molecular weight is 298 g/mol. The number of morpholine rings is 1. The number of hydrogen-bond donors (Lipinski definition) is 2. The Morgan fingerprint density at radius 3 is 2.86 bits per heavy atom. The number of hydrogen-bond acceptors (Lipinski definition) is 4. The highest BCUT2D eigenvalue weighted by molar-refractivity contribution is 5.78. The van der Waals surface area contributed by atoms with Crippen LogP contribution < -0.4 is 5.32 Å². The van der Waals surface area contributed by atoms with Gasteiger partial charge in [0.25, 0.3) is 0 Å². The number of unbranched alkanes of at least 4 members (excludes halogenated alkanes) is 1. The summed E-state index contributed by atoms with van der Waals surface area (Å²) in [5, 5.41) is 12.2. The molecule has 0 bridgehead atoms. The second kappa shape index (κ2) is 7.56. The first-order valence-electron chi connectivity index (χ1n) is 8.35. The minimum atomic E-state index is -0.793. The number of nitrogens with zero attached hydrogens (tertiary/aromatic N) is 1. The summed E-state index contributed by atoms with van der Waals surface area (Å²) in [7, 11) is 1.72. The van der Waals surface area contributed by atoms with E-state index in [1.807, 2.05) is 0 Å². The predicted octanol–water partition coefficient (Wildman–Crippen LogP) is 1.86. The van der Waals surface area contributed by atoms with Crippen molar-refractivity contribution in [3.63, 3.8) is 0 Å². The number of carboxylic acids is 1. The number of aliphatic carboxylic acids is 1. The lowest BCUT2D eigenvalue weighted by molar-refractivity contribution is -0.144. The fourth-order valence-electron chi connectivity index (χ4n) is 3.59. The van der Waals surface area contributed by atoms with Crippen LogP contribution in [-0.4, -0.2) is 60.4 Å². The zero-order valence-electron chi connectivity index (χ0n) is 13.4. The average Bonchev–Trinajstić information content (AvgIpc) is 2.51. The maximum Gasteiger partial charge on any atom is 0.323 e. The molecule has 5 nitrogen and oxygen atoms in total. The molecule has 2 N–H and O–H groups in total. The van der Waals surface area contributed by atoms with Gasteiger partial charge in [-0.2, -0.15) is 0 Å². The molecule has 122 valence electrons. The third-order valence-corrected chi connectivity index (χ3v) is 5.24. The Labute approximate surface area is 128 Å². The molecular formula is C16H30N2O3. The van der Waals surface area contributed by atoms with Crippen molar-refractivity contribution in [1.82, 2.24) is 10.2 Å². The van der Waals surface area contributed by atoms with Crippen LogP contribution in [0.5, 0.6) is 0 Å². The van der Waals surface area contributed by atoms with E-state index < -0.39 is 11.5 Å². The van der Waals surface area contributed by atoms with Gasteiger partial charge in [0.15, 0.2) is 0 Å². The van der Waals surface area contributed by atoms with Crippen LogP contribution in [0.15, 0.2) is 0 Å². The van der Waals surface area contributed by atoms with Crippen molar-refractivity contribution in [2.45, 2.75) is 69.6 Å². The van der Waals surface area contributed by atoms with E-state index in [0.717, 1.165) is 32.5 Å². The van der Waals surface area contributed by atoms with E-state index in [4.69, 9.17) is 4.74 Å². The number of rotatable bonds is 7. The van der Waals surface area contributed by atoms with E-state index in [-0.39, 0.29) is 0 Å². The van der Waals surface area contributed by atoms with Gasteiger partial charge >= 0.3 is 5.97 Å². The predicted molar refractivity (Wildman–Crippen MR) is 82.5 cm³/mol. The van der Waals surface area contributed by atoms with Gasteiger partial charge in [0, 0.05) is 12.6 Å². The van der Waals surface area contributed by atoms with Crippen LogP contribution in [0.25, 0.3) is 0 Å². The van der Waals surface area contributed by atoms with Crippen LogP contribution in [0.4, 0.5) is 0 Å². The normalized spacial score (nSPS) is 29.6. The third kappa shape index (κ3) is 4.18. The summed E-state index contributed by atoms with van der Waals surface area (Å²) >= 11 is 0. The molecule has 0 radical (unpaired) electrons.